The standard InChI is InChI=1S/C12H16ClNO3/c13-6-7-16-8-9-17-12(15)14-10-11-4-2-1-3-5-11/h1-5H,6-10H2,(H,14,15). The molecule has 4 nitrogen and oxygen atoms in total. The van der Waals surface area contributed by atoms with E-state index in [1.807, 2.05) is 30.3 Å². The highest BCUT2D eigenvalue weighted by Crippen LogP contribution is 1.97. The molecule has 0 aliphatic heterocycles. The summed E-state index contributed by atoms with van der Waals surface area (Å²) >= 11 is 5.42. The maximum Gasteiger partial charge on any atom is 0.407 e. The average molecular weight is 258 g/mol. The van der Waals surface area contributed by atoms with Crippen molar-refractivity contribution in [2.45, 2.75) is 6.54 Å². The summed E-state index contributed by atoms with van der Waals surface area (Å²) in [7, 11) is 0. The topological polar surface area (TPSA) is 47.6 Å². The van der Waals surface area contributed by atoms with Gasteiger partial charge in [0.1, 0.15) is 6.61 Å². The minimum absolute atomic E-state index is 0.234. The van der Waals surface area contributed by atoms with E-state index in [1.54, 1.807) is 0 Å². The zero-order valence-electron chi connectivity index (χ0n) is 9.52. The van der Waals surface area contributed by atoms with Crippen LogP contribution in [-0.2, 0) is 16.0 Å². The monoisotopic (exact) mass is 257 g/mol. The second kappa shape index (κ2) is 8.84. The van der Waals surface area contributed by atoms with Crippen molar-refractivity contribution >= 4 is 17.7 Å². The summed E-state index contributed by atoms with van der Waals surface area (Å²) < 4.78 is 9.95. The lowest BCUT2D eigenvalue weighted by Gasteiger charge is -2.07. The van der Waals surface area contributed by atoms with Gasteiger partial charge in [0.15, 0.2) is 0 Å². The van der Waals surface area contributed by atoms with Gasteiger partial charge in [-0.25, -0.2) is 4.79 Å². The van der Waals surface area contributed by atoms with E-state index >= 15 is 0 Å². The van der Waals surface area contributed by atoms with Gasteiger partial charge < -0.3 is 14.8 Å². The first kappa shape index (κ1) is 13.8. The average Bonchev–Trinajstić information content (AvgIpc) is 2.37. The first-order chi connectivity index (χ1) is 8.33. The molecule has 0 fully saturated rings. The SMILES string of the molecule is O=C(NCc1ccccc1)OCCOCCCl. The fourth-order valence-electron chi connectivity index (χ4n) is 1.17. The van der Waals surface area contributed by atoms with Crippen molar-refractivity contribution in [3.8, 4) is 0 Å². The highest BCUT2D eigenvalue weighted by atomic mass is 35.5. The Kier molecular flexibility index (Phi) is 7.18. The van der Waals surface area contributed by atoms with Crippen molar-refractivity contribution < 1.29 is 14.3 Å². The number of halogens is 1. The molecule has 0 radical (unpaired) electrons. The van der Waals surface area contributed by atoms with Gasteiger partial charge >= 0.3 is 6.09 Å². The Morgan fingerprint density at radius 2 is 1.94 bits per heavy atom. The Hall–Kier alpha value is -1.26. The first-order valence-corrected chi connectivity index (χ1v) is 5.94. The smallest absolute Gasteiger partial charge is 0.407 e. The minimum Gasteiger partial charge on any atom is -0.447 e. The van der Waals surface area contributed by atoms with Gasteiger partial charge in [-0.2, -0.15) is 0 Å². The Morgan fingerprint density at radius 1 is 1.18 bits per heavy atom. The maximum absolute atomic E-state index is 11.2. The number of rotatable bonds is 7. The first-order valence-electron chi connectivity index (χ1n) is 5.41. The van der Waals surface area contributed by atoms with E-state index in [9.17, 15) is 4.79 Å². The molecular formula is C12H16ClNO3. The van der Waals surface area contributed by atoms with Gasteiger partial charge in [-0.15, -0.1) is 11.6 Å². The van der Waals surface area contributed by atoms with Gasteiger partial charge in [0.25, 0.3) is 0 Å². The molecule has 0 unspecified atom stereocenters. The molecule has 1 rings (SSSR count). The zero-order valence-corrected chi connectivity index (χ0v) is 10.3. The number of alkyl carbamates (subject to hydrolysis) is 1. The van der Waals surface area contributed by atoms with Crippen molar-refractivity contribution in [3.63, 3.8) is 0 Å². The normalized spacial score (nSPS) is 9.94. The van der Waals surface area contributed by atoms with Crippen molar-refractivity contribution in [2.24, 2.45) is 0 Å². The summed E-state index contributed by atoms with van der Waals surface area (Å²) in [4.78, 5) is 11.2. The number of hydrogen-bond acceptors (Lipinski definition) is 3. The van der Waals surface area contributed by atoms with Crippen LogP contribution in [0.15, 0.2) is 30.3 Å². The summed E-state index contributed by atoms with van der Waals surface area (Å²) in [5, 5.41) is 2.65. The fraction of sp³-hybridized carbons (Fsp3) is 0.417. The lowest BCUT2D eigenvalue weighted by molar-refractivity contribution is 0.0795. The van der Waals surface area contributed by atoms with Gasteiger partial charge in [0.2, 0.25) is 0 Å². The molecule has 0 bridgehead atoms. The van der Waals surface area contributed by atoms with Crippen LogP contribution in [-0.4, -0.2) is 31.8 Å². The number of carbonyl (C=O) groups excluding carboxylic acids is 1. The Morgan fingerprint density at radius 3 is 2.65 bits per heavy atom. The number of carbonyl (C=O) groups is 1. The van der Waals surface area contributed by atoms with Crippen LogP contribution in [0.25, 0.3) is 0 Å². The van der Waals surface area contributed by atoms with Crippen LogP contribution in [0.3, 0.4) is 0 Å². The summed E-state index contributed by atoms with van der Waals surface area (Å²) in [5.74, 6) is 0.445. The maximum atomic E-state index is 11.2. The van der Waals surface area contributed by atoms with Gasteiger partial charge in [0, 0.05) is 12.4 Å². The Labute approximate surface area is 106 Å². The third-order valence-corrected chi connectivity index (χ3v) is 2.12. The van der Waals surface area contributed by atoms with Crippen LogP contribution < -0.4 is 5.32 Å². The van der Waals surface area contributed by atoms with Gasteiger partial charge in [-0.05, 0) is 5.56 Å². The molecule has 1 amide bonds. The van der Waals surface area contributed by atoms with E-state index in [2.05, 4.69) is 5.32 Å². The molecule has 0 heterocycles. The molecule has 1 N–H and O–H groups in total. The molecule has 0 saturated heterocycles. The quantitative estimate of drug-likeness (QED) is 0.602. The fourth-order valence-corrected chi connectivity index (χ4v) is 1.28. The van der Waals surface area contributed by atoms with E-state index in [-0.39, 0.29) is 6.61 Å². The number of alkyl halides is 1. The molecule has 0 aromatic heterocycles. The second-order valence-electron chi connectivity index (χ2n) is 3.28. The van der Waals surface area contributed by atoms with Gasteiger partial charge in [-0.1, -0.05) is 30.3 Å². The number of benzene rings is 1. The van der Waals surface area contributed by atoms with Gasteiger partial charge in [-0.3, -0.25) is 0 Å². The molecule has 0 atom stereocenters. The van der Waals surface area contributed by atoms with Gasteiger partial charge in [0.05, 0.1) is 13.2 Å². The number of amides is 1. The van der Waals surface area contributed by atoms with E-state index < -0.39 is 6.09 Å². The third kappa shape index (κ3) is 6.81. The largest absolute Gasteiger partial charge is 0.447 e. The highest BCUT2D eigenvalue weighted by molar-refractivity contribution is 6.17. The van der Waals surface area contributed by atoms with Crippen molar-refractivity contribution in [3.05, 3.63) is 35.9 Å². The lowest BCUT2D eigenvalue weighted by Crippen LogP contribution is -2.25. The third-order valence-electron chi connectivity index (χ3n) is 1.96. The van der Waals surface area contributed by atoms with Crippen LogP contribution in [0.2, 0.25) is 0 Å². The van der Waals surface area contributed by atoms with Crippen LogP contribution in [0, 0.1) is 0 Å². The second-order valence-corrected chi connectivity index (χ2v) is 3.65. The number of ether oxygens (including phenoxy) is 2. The van der Waals surface area contributed by atoms with Crippen molar-refractivity contribution in [1.82, 2.24) is 5.32 Å². The Balaban J connectivity index is 2.05. The summed E-state index contributed by atoms with van der Waals surface area (Å²) in [6, 6.07) is 9.63. The lowest BCUT2D eigenvalue weighted by atomic mass is 10.2. The van der Waals surface area contributed by atoms with Crippen LogP contribution in [0.5, 0.6) is 0 Å². The molecule has 1 aromatic carbocycles. The Bertz CT molecular complexity index is 319. The molecule has 5 heteroatoms. The summed E-state index contributed by atoms with van der Waals surface area (Å²) in [6.07, 6.45) is -0.441. The van der Waals surface area contributed by atoms with E-state index in [4.69, 9.17) is 21.1 Å². The molecule has 0 aliphatic carbocycles. The molecule has 0 aliphatic rings. The van der Waals surface area contributed by atoms with E-state index in [1.165, 1.54) is 0 Å². The molecule has 17 heavy (non-hydrogen) atoms. The molecule has 0 saturated carbocycles. The molecule has 94 valence electrons. The van der Waals surface area contributed by atoms with Crippen LogP contribution in [0.4, 0.5) is 4.79 Å². The van der Waals surface area contributed by atoms with Crippen molar-refractivity contribution in [2.75, 3.05) is 25.7 Å². The summed E-state index contributed by atoms with van der Waals surface area (Å²) in [5.41, 5.74) is 1.03. The predicted molar refractivity (Wildman–Crippen MR) is 66.2 cm³/mol. The number of hydrogen-bond donors (Lipinski definition) is 1. The minimum atomic E-state index is -0.441. The predicted octanol–water partition coefficient (Wildman–Crippen LogP) is 2.17. The van der Waals surface area contributed by atoms with Crippen molar-refractivity contribution in [1.29, 1.82) is 0 Å². The molecular weight excluding hydrogens is 242 g/mol. The highest BCUT2D eigenvalue weighted by Gasteiger charge is 2.00. The number of nitrogens with one attached hydrogen (secondary N) is 1. The molecule has 1 aromatic rings. The zero-order chi connectivity index (χ0) is 12.3. The molecule has 0 spiro atoms. The van der Waals surface area contributed by atoms with Crippen LogP contribution >= 0.6 is 11.6 Å². The van der Waals surface area contributed by atoms with E-state index in [0.29, 0.717) is 25.6 Å². The van der Waals surface area contributed by atoms with E-state index in [0.717, 1.165) is 5.56 Å². The van der Waals surface area contributed by atoms with Crippen LogP contribution in [0.1, 0.15) is 5.56 Å². The summed E-state index contributed by atoms with van der Waals surface area (Å²) in [6.45, 7) is 1.53.